The molecule has 7 nitrogen and oxygen atoms in total. The fraction of sp³-hybridized carbons (Fsp3) is 0.467. The summed E-state index contributed by atoms with van der Waals surface area (Å²) in [5.41, 5.74) is 1.13. The fourth-order valence-corrected chi connectivity index (χ4v) is 3.28. The summed E-state index contributed by atoms with van der Waals surface area (Å²) >= 11 is 0. The Morgan fingerprint density at radius 3 is 2.86 bits per heavy atom. The van der Waals surface area contributed by atoms with Gasteiger partial charge in [0.1, 0.15) is 0 Å². The molecule has 2 aromatic rings. The second kappa shape index (κ2) is 5.40. The first kappa shape index (κ1) is 13.2. The zero-order valence-corrected chi connectivity index (χ0v) is 12.3. The van der Waals surface area contributed by atoms with E-state index in [1.807, 2.05) is 27.9 Å². The molecule has 1 amide bonds. The molecule has 0 unspecified atom stereocenters. The van der Waals surface area contributed by atoms with E-state index >= 15 is 0 Å². The Kier molecular flexibility index (Phi) is 3.25. The van der Waals surface area contributed by atoms with Crippen molar-refractivity contribution in [2.45, 2.75) is 25.4 Å². The van der Waals surface area contributed by atoms with Gasteiger partial charge < -0.3 is 9.80 Å². The van der Waals surface area contributed by atoms with E-state index in [0.29, 0.717) is 13.0 Å². The van der Waals surface area contributed by atoms with Crippen LogP contribution in [0.3, 0.4) is 0 Å². The number of hydrogen-bond acceptors (Lipinski definition) is 5. The van der Waals surface area contributed by atoms with Gasteiger partial charge in [0.25, 0.3) is 0 Å². The molecular weight excluding hydrogens is 280 g/mol. The molecule has 2 aromatic heterocycles. The third kappa shape index (κ3) is 2.32. The van der Waals surface area contributed by atoms with Crippen LogP contribution < -0.4 is 4.90 Å². The molecule has 0 bridgehead atoms. The molecule has 1 saturated heterocycles. The summed E-state index contributed by atoms with van der Waals surface area (Å²) in [4.78, 5) is 24.7. The second-order valence-corrected chi connectivity index (χ2v) is 5.79. The summed E-state index contributed by atoms with van der Waals surface area (Å²) in [5, 5.41) is 4.44. The Balaban J connectivity index is 1.59. The van der Waals surface area contributed by atoms with Crippen molar-refractivity contribution in [3.8, 4) is 0 Å². The summed E-state index contributed by atoms with van der Waals surface area (Å²) < 4.78 is 2.05. The number of amides is 1. The maximum Gasteiger partial charge on any atom is 0.225 e. The number of fused-ring (bicyclic) bond motifs is 1. The van der Waals surface area contributed by atoms with Crippen molar-refractivity contribution < 1.29 is 4.79 Å². The van der Waals surface area contributed by atoms with Crippen LogP contribution in [0.15, 0.2) is 30.7 Å². The van der Waals surface area contributed by atoms with E-state index in [4.69, 9.17) is 0 Å². The van der Waals surface area contributed by atoms with E-state index in [9.17, 15) is 4.79 Å². The first-order valence-corrected chi connectivity index (χ1v) is 7.63. The van der Waals surface area contributed by atoms with Crippen molar-refractivity contribution in [1.29, 1.82) is 0 Å². The summed E-state index contributed by atoms with van der Waals surface area (Å²) in [7, 11) is 0. The molecule has 0 radical (unpaired) electrons. The topological polar surface area (TPSA) is 67.2 Å². The van der Waals surface area contributed by atoms with Crippen LogP contribution >= 0.6 is 0 Å². The summed E-state index contributed by atoms with van der Waals surface area (Å²) in [6, 6.07) is 3.98. The number of nitrogens with zero attached hydrogens (tertiary/aromatic N) is 6. The van der Waals surface area contributed by atoms with Crippen molar-refractivity contribution in [3.05, 3.63) is 36.4 Å². The SMILES string of the molecule is O=C1CCCN1C[C@@H]1CN(c2ncccn2)Cc2ccnn21. The smallest absolute Gasteiger partial charge is 0.225 e. The molecule has 2 aliphatic heterocycles. The highest BCUT2D eigenvalue weighted by Crippen LogP contribution is 2.25. The molecule has 22 heavy (non-hydrogen) atoms. The highest BCUT2D eigenvalue weighted by atomic mass is 16.2. The molecule has 2 aliphatic rings. The van der Waals surface area contributed by atoms with Gasteiger partial charge in [-0.1, -0.05) is 0 Å². The zero-order valence-electron chi connectivity index (χ0n) is 12.3. The predicted molar refractivity (Wildman–Crippen MR) is 80.2 cm³/mol. The van der Waals surface area contributed by atoms with Crippen molar-refractivity contribution in [2.24, 2.45) is 0 Å². The monoisotopic (exact) mass is 298 g/mol. The quantitative estimate of drug-likeness (QED) is 0.840. The fourth-order valence-electron chi connectivity index (χ4n) is 3.28. The van der Waals surface area contributed by atoms with Crippen LogP contribution in [-0.2, 0) is 11.3 Å². The highest BCUT2D eigenvalue weighted by Gasteiger charge is 2.31. The number of anilines is 1. The van der Waals surface area contributed by atoms with Gasteiger partial charge in [-0.05, 0) is 18.6 Å². The van der Waals surface area contributed by atoms with Crippen LogP contribution in [0.25, 0.3) is 0 Å². The number of likely N-dealkylation sites (tertiary alicyclic amines) is 1. The molecule has 7 heteroatoms. The van der Waals surface area contributed by atoms with Gasteiger partial charge in [-0.2, -0.15) is 5.10 Å². The Morgan fingerprint density at radius 1 is 1.23 bits per heavy atom. The molecule has 0 N–H and O–H groups in total. The molecule has 1 fully saturated rings. The van der Waals surface area contributed by atoms with E-state index < -0.39 is 0 Å². The van der Waals surface area contributed by atoms with Gasteiger partial charge in [0, 0.05) is 44.6 Å². The van der Waals surface area contributed by atoms with Gasteiger partial charge in [-0.15, -0.1) is 0 Å². The molecular formula is C15H18N6O. The summed E-state index contributed by atoms with van der Waals surface area (Å²) in [6.45, 7) is 3.07. The normalized spacial score (nSPS) is 21.3. The first-order valence-electron chi connectivity index (χ1n) is 7.63. The lowest BCUT2D eigenvalue weighted by Gasteiger charge is -2.35. The first-order chi connectivity index (χ1) is 10.8. The van der Waals surface area contributed by atoms with Gasteiger partial charge in [-0.25, -0.2) is 9.97 Å². The third-order valence-electron chi connectivity index (χ3n) is 4.32. The Bertz CT molecular complexity index is 670. The number of aromatic nitrogens is 4. The lowest BCUT2D eigenvalue weighted by atomic mass is 10.2. The van der Waals surface area contributed by atoms with Gasteiger partial charge in [0.05, 0.1) is 18.3 Å². The van der Waals surface area contributed by atoms with E-state index in [2.05, 4.69) is 20.0 Å². The number of carbonyl (C=O) groups is 1. The maximum atomic E-state index is 11.9. The van der Waals surface area contributed by atoms with Crippen molar-refractivity contribution in [1.82, 2.24) is 24.6 Å². The maximum absolute atomic E-state index is 11.9. The van der Waals surface area contributed by atoms with Gasteiger partial charge in [0.15, 0.2) is 0 Å². The predicted octanol–water partition coefficient (Wildman–Crippen LogP) is 0.857. The minimum absolute atomic E-state index is 0.143. The van der Waals surface area contributed by atoms with Crippen molar-refractivity contribution in [2.75, 3.05) is 24.5 Å². The highest BCUT2D eigenvalue weighted by molar-refractivity contribution is 5.78. The van der Waals surface area contributed by atoms with Crippen LogP contribution in [0.2, 0.25) is 0 Å². The Morgan fingerprint density at radius 2 is 2.09 bits per heavy atom. The van der Waals surface area contributed by atoms with Crippen molar-refractivity contribution in [3.63, 3.8) is 0 Å². The Labute approximate surface area is 128 Å². The van der Waals surface area contributed by atoms with Crippen LogP contribution in [0.5, 0.6) is 0 Å². The lowest BCUT2D eigenvalue weighted by molar-refractivity contribution is -0.128. The van der Waals surface area contributed by atoms with E-state index in [1.54, 1.807) is 12.4 Å². The molecule has 1 atom stereocenters. The zero-order chi connectivity index (χ0) is 14.9. The van der Waals surface area contributed by atoms with Crippen LogP contribution in [0.4, 0.5) is 5.95 Å². The molecule has 0 aromatic carbocycles. The van der Waals surface area contributed by atoms with E-state index in [0.717, 1.165) is 37.7 Å². The average molecular weight is 298 g/mol. The molecule has 4 heterocycles. The van der Waals surface area contributed by atoms with Crippen LogP contribution in [0.1, 0.15) is 24.6 Å². The Hall–Kier alpha value is -2.44. The standard InChI is InChI=1S/C15H18N6O/c22-14-3-1-8-19(14)10-13-11-20(15-16-5-2-6-17-15)9-12-4-7-18-21(12)13/h2,4-7,13H,1,3,8-11H2/t13-/m1/s1. The molecule has 0 saturated carbocycles. The van der Waals surface area contributed by atoms with Crippen LogP contribution in [0, 0.1) is 0 Å². The molecule has 114 valence electrons. The second-order valence-electron chi connectivity index (χ2n) is 5.79. The van der Waals surface area contributed by atoms with Crippen molar-refractivity contribution >= 4 is 11.9 Å². The summed E-state index contributed by atoms with van der Waals surface area (Å²) in [5.74, 6) is 0.981. The lowest BCUT2D eigenvalue weighted by Crippen LogP contribution is -2.44. The average Bonchev–Trinajstić information content (AvgIpc) is 3.17. The molecule has 0 spiro atoms. The number of hydrogen-bond donors (Lipinski definition) is 0. The molecule has 0 aliphatic carbocycles. The number of rotatable bonds is 3. The van der Waals surface area contributed by atoms with E-state index in [-0.39, 0.29) is 11.9 Å². The third-order valence-corrected chi connectivity index (χ3v) is 4.32. The summed E-state index contributed by atoms with van der Waals surface area (Å²) in [6.07, 6.45) is 6.97. The van der Waals surface area contributed by atoms with Gasteiger partial charge in [0.2, 0.25) is 11.9 Å². The largest absolute Gasteiger partial charge is 0.340 e. The van der Waals surface area contributed by atoms with E-state index in [1.165, 1.54) is 0 Å². The van der Waals surface area contributed by atoms with Crippen LogP contribution in [-0.4, -0.2) is 50.2 Å². The molecule has 4 rings (SSSR count). The minimum atomic E-state index is 0.143. The minimum Gasteiger partial charge on any atom is -0.340 e. The number of carbonyl (C=O) groups excluding carboxylic acids is 1. The van der Waals surface area contributed by atoms with Gasteiger partial charge in [-0.3, -0.25) is 9.48 Å². The van der Waals surface area contributed by atoms with Gasteiger partial charge >= 0.3 is 0 Å².